The Morgan fingerprint density at radius 2 is 1.95 bits per heavy atom. The Hall–Kier alpha value is -1.80. The average Bonchev–Trinajstić information content (AvgIpc) is 2.47. The van der Waals surface area contributed by atoms with Crippen LogP contribution in [0.25, 0.3) is 11.0 Å². The van der Waals surface area contributed by atoms with E-state index in [-0.39, 0.29) is 11.6 Å². The number of aromatic nitrogens is 3. The summed E-state index contributed by atoms with van der Waals surface area (Å²) in [5.74, 6) is 0. The van der Waals surface area contributed by atoms with Crippen LogP contribution < -0.4 is 5.56 Å². The number of fused-ring (bicyclic) bond motifs is 1. The van der Waals surface area contributed by atoms with Gasteiger partial charge in [0.15, 0.2) is 5.65 Å². The maximum atomic E-state index is 12.5. The quantitative estimate of drug-likeness (QED) is 0.801. The number of piperidine rings is 1. The van der Waals surface area contributed by atoms with Crippen molar-refractivity contribution in [3.8, 4) is 0 Å². The normalized spacial score (nSPS) is 18.1. The van der Waals surface area contributed by atoms with E-state index in [2.05, 4.69) is 9.97 Å². The molecule has 2 aromatic heterocycles. The second-order valence-electron chi connectivity index (χ2n) is 5.22. The lowest BCUT2D eigenvalue weighted by Gasteiger charge is -2.31. The van der Waals surface area contributed by atoms with Crippen LogP contribution >= 0.6 is 0 Å². The van der Waals surface area contributed by atoms with Gasteiger partial charge < -0.3 is 0 Å². The predicted molar refractivity (Wildman–Crippen MR) is 78.5 cm³/mol. The van der Waals surface area contributed by atoms with Gasteiger partial charge in [-0.1, -0.05) is 0 Å². The van der Waals surface area contributed by atoms with E-state index in [1.165, 1.54) is 16.9 Å². The van der Waals surface area contributed by atoms with Gasteiger partial charge >= 0.3 is 0 Å². The van der Waals surface area contributed by atoms with Gasteiger partial charge in [0.2, 0.25) is 10.0 Å². The molecule has 0 aromatic carbocycles. The van der Waals surface area contributed by atoms with E-state index in [1.54, 1.807) is 22.9 Å². The second kappa shape index (κ2) is 5.19. The third-order valence-electron chi connectivity index (χ3n) is 3.84. The monoisotopic (exact) mass is 308 g/mol. The van der Waals surface area contributed by atoms with Crippen LogP contribution in [0.4, 0.5) is 0 Å². The van der Waals surface area contributed by atoms with Crippen LogP contribution in [-0.2, 0) is 10.0 Å². The van der Waals surface area contributed by atoms with Crippen molar-refractivity contribution in [3.05, 3.63) is 35.0 Å². The van der Waals surface area contributed by atoms with Gasteiger partial charge in [0.1, 0.15) is 6.33 Å². The van der Waals surface area contributed by atoms with Gasteiger partial charge in [-0.25, -0.2) is 22.7 Å². The number of pyridine rings is 1. The SMILES string of the molecule is CS(=O)(=O)N1CCC(n2cnc3ncccc3c2=O)CC1. The number of rotatable bonds is 2. The number of hydrogen-bond donors (Lipinski definition) is 0. The Morgan fingerprint density at radius 1 is 1.24 bits per heavy atom. The maximum absolute atomic E-state index is 12.5. The molecule has 0 atom stereocenters. The Morgan fingerprint density at radius 3 is 2.62 bits per heavy atom. The lowest BCUT2D eigenvalue weighted by molar-refractivity contribution is 0.271. The molecule has 3 heterocycles. The van der Waals surface area contributed by atoms with Crippen molar-refractivity contribution in [3.63, 3.8) is 0 Å². The summed E-state index contributed by atoms with van der Waals surface area (Å²) in [5.41, 5.74) is 0.318. The van der Waals surface area contributed by atoms with Crippen LogP contribution in [0.5, 0.6) is 0 Å². The highest BCUT2D eigenvalue weighted by Crippen LogP contribution is 2.22. The van der Waals surface area contributed by atoms with Gasteiger partial charge in [-0.15, -0.1) is 0 Å². The zero-order valence-electron chi connectivity index (χ0n) is 11.6. The summed E-state index contributed by atoms with van der Waals surface area (Å²) in [4.78, 5) is 20.7. The molecule has 1 aliphatic rings. The molecule has 0 N–H and O–H groups in total. The first-order valence-corrected chi connectivity index (χ1v) is 8.58. The zero-order chi connectivity index (χ0) is 15.0. The van der Waals surface area contributed by atoms with Crippen LogP contribution in [-0.4, -0.2) is 46.6 Å². The molecule has 0 aliphatic carbocycles. The molecule has 7 nitrogen and oxygen atoms in total. The first-order valence-electron chi connectivity index (χ1n) is 6.74. The molecular weight excluding hydrogens is 292 g/mol. The van der Waals surface area contributed by atoms with Crippen molar-refractivity contribution in [2.24, 2.45) is 0 Å². The highest BCUT2D eigenvalue weighted by atomic mass is 32.2. The molecular formula is C13H16N4O3S. The van der Waals surface area contributed by atoms with E-state index in [9.17, 15) is 13.2 Å². The average molecular weight is 308 g/mol. The first-order chi connectivity index (χ1) is 9.97. The van der Waals surface area contributed by atoms with Crippen molar-refractivity contribution in [2.75, 3.05) is 19.3 Å². The lowest BCUT2D eigenvalue weighted by atomic mass is 10.1. The molecule has 8 heteroatoms. The molecule has 0 spiro atoms. The van der Waals surface area contributed by atoms with Crippen LogP contribution in [0, 0.1) is 0 Å². The van der Waals surface area contributed by atoms with Crippen molar-refractivity contribution in [1.29, 1.82) is 0 Å². The number of hydrogen-bond acceptors (Lipinski definition) is 5. The minimum Gasteiger partial charge on any atom is -0.295 e. The maximum Gasteiger partial charge on any atom is 0.263 e. The van der Waals surface area contributed by atoms with Gasteiger partial charge in [0.05, 0.1) is 11.6 Å². The van der Waals surface area contributed by atoms with Crippen LogP contribution in [0.3, 0.4) is 0 Å². The molecule has 0 radical (unpaired) electrons. The highest BCUT2D eigenvalue weighted by Gasteiger charge is 2.26. The summed E-state index contributed by atoms with van der Waals surface area (Å²) in [5, 5.41) is 0.491. The molecule has 21 heavy (non-hydrogen) atoms. The first kappa shape index (κ1) is 14.2. The zero-order valence-corrected chi connectivity index (χ0v) is 12.5. The summed E-state index contributed by atoms with van der Waals surface area (Å²) in [6.45, 7) is 0.863. The molecule has 0 saturated carbocycles. The van der Waals surface area contributed by atoms with Crippen molar-refractivity contribution < 1.29 is 8.42 Å². The minimum absolute atomic E-state index is 0.0207. The molecule has 112 valence electrons. The van der Waals surface area contributed by atoms with Crippen LogP contribution in [0.2, 0.25) is 0 Å². The predicted octanol–water partition coefficient (Wildman–Crippen LogP) is 0.388. The molecule has 1 saturated heterocycles. The fourth-order valence-corrected chi connectivity index (χ4v) is 3.56. The molecule has 3 rings (SSSR count). The third kappa shape index (κ3) is 2.68. The van der Waals surface area contributed by atoms with Gasteiger partial charge in [-0.2, -0.15) is 0 Å². The Kier molecular flexibility index (Phi) is 3.50. The molecule has 0 bridgehead atoms. The Labute approximate surface area is 122 Å². The van der Waals surface area contributed by atoms with Crippen LogP contribution in [0.1, 0.15) is 18.9 Å². The molecule has 1 fully saturated rings. The molecule has 0 amide bonds. The van der Waals surface area contributed by atoms with E-state index in [1.807, 2.05) is 0 Å². The topological polar surface area (TPSA) is 85.2 Å². The summed E-state index contributed by atoms with van der Waals surface area (Å²) in [7, 11) is -3.16. The minimum atomic E-state index is -3.16. The molecule has 1 aliphatic heterocycles. The van der Waals surface area contributed by atoms with Gasteiger partial charge in [0.25, 0.3) is 5.56 Å². The number of nitrogens with zero attached hydrogens (tertiary/aromatic N) is 4. The Balaban J connectivity index is 1.89. The fourth-order valence-electron chi connectivity index (χ4n) is 2.69. The summed E-state index contributed by atoms with van der Waals surface area (Å²) in [6.07, 6.45) is 5.55. The van der Waals surface area contributed by atoms with Gasteiger partial charge in [0, 0.05) is 25.3 Å². The largest absolute Gasteiger partial charge is 0.295 e. The van der Waals surface area contributed by atoms with E-state index >= 15 is 0 Å². The summed E-state index contributed by atoms with van der Waals surface area (Å²) < 4.78 is 26.1. The van der Waals surface area contributed by atoms with Crippen molar-refractivity contribution in [1.82, 2.24) is 18.8 Å². The smallest absolute Gasteiger partial charge is 0.263 e. The van der Waals surface area contributed by atoms with Crippen LogP contribution in [0.15, 0.2) is 29.5 Å². The molecule has 0 unspecified atom stereocenters. The van der Waals surface area contributed by atoms with Gasteiger partial charge in [-0.05, 0) is 25.0 Å². The molecule has 2 aromatic rings. The summed E-state index contributed by atoms with van der Waals surface area (Å²) in [6, 6.07) is 3.40. The number of sulfonamides is 1. The van der Waals surface area contributed by atoms with E-state index < -0.39 is 10.0 Å². The van der Waals surface area contributed by atoms with Crippen molar-refractivity contribution in [2.45, 2.75) is 18.9 Å². The lowest BCUT2D eigenvalue weighted by Crippen LogP contribution is -2.40. The summed E-state index contributed by atoms with van der Waals surface area (Å²) >= 11 is 0. The third-order valence-corrected chi connectivity index (χ3v) is 5.15. The fraction of sp³-hybridized carbons (Fsp3) is 0.462. The standard InChI is InChI=1S/C13H16N4O3S/c1-21(19,20)16-7-4-10(5-8-16)17-9-15-12-11(13(17)18)3-2-6-14-12/h2-3,6,9-10H,4-5,7-8H2,1H3. The second-order valence-corrected chi connectivity index (χ2v) is 7.21. The highest BCUT2D eigenvalue weighted by molar-refractivity contribution is 7.88. The van der Waals surface area contributed by atoms with E-state index in [0.29, 0.717) is 37.0 Å². The van der Waals surface area contributed by atoms with Crippen molar-refractivity contribution >= 4 is 21.1 Å². The Bertz CT molecular complexity index is 823. The van der Waals surface area contributed by atoms with E-state index in [4.69, 9.17) is 0 Å². The van der Waals surface area contributed by atoms with E-state index in [0.717, 1.165) is 0 Å². The van der Waals surface area contributed by atoms with Gasteiger partial charge in [-0.3, -0.25) is 9.36 Å².